The Hall–Kier alpha value is -2.75. The highest BCUT2D eigenvalue weighted by Crippen LogP contribution is 2.19. The van der Waals surface area contributed by atoms with Crippen LogP contribution in [0.2, 0.25) is 0 Å². The van der Waals surface area contributed by atoms with E-state index in [-0.39, 0.29) is 11.4 Å². The lowest BCUT2D eigenvalue weighted by Gasteiger charge is -2.04. The van der Waals surface area contributed by atoms with Crippen LogP contribution in [0, 0.1) is 5.82 Å². The molecule has 0 spiro atoms. The minimum absolute atomic E-state index is 0.266. The van der Waals surface area contributed by atoms with Crippen molar-refractivity contribution in [2.24, 2.45) is 0 Å². The minimum atomic E-state index is -0.365. The molecule has 3 aromatic rings. The van der Waals surface area contributed by atoms with Gasteiger partial charge in [-0.15, -0.1) is 0 Å². The van der Waals surface area contributed by atoms with Gasteiger partial charge in [0.1, 0.15) is 11.6 Å². The molecule has 20 heavy (non-hydrogen) atoms. The van der Waals surface area contributed by atoms with Crippen molar-refractivity contribution in [3.05, 3.63) is 76.8 Å². The fourth-order valence-corrected chi connectivity index (χ4v) is 1.99. The Labute approximate surface area is 114 Å². The second kappa shape index (κ2) is 5.09. The summed E-state index contributed by atoms with van der Waals surface area (Å²) in [6.07, 6.45) is 0. The first-order chi connectivity index (χ1) is 9.72. The maximum absolute atomic E-state index is 13.3. The molecule has 0 atom stereocenters. The normalized spacial score (nSPS) is 10.4. The second-order valence-corrected chi connectivity index (χ2v) is 4.36. The van der Waals surface area contributed by atoms with Gasteiger partial charge in [0.05, 0.1) is 5.69 Å². The van der Waals surface area contributed by atoms with Crippen LogP contribution in [0.4, 0.5) is 4.39 Å². The number of rotatable bonds is 2. The van der Waals surface area contributed by atoms with Crippen LogP contribution in [0.15, 0.2) is 65.5 Å². The van der Waals surface area contributed by atoms with E-state index in [1.807, 2.05) is 30.3 Å². The van der Waals surface area contributed by atoms with Crippen molar-refractivity contribution in [1.82, 2.24) is 9.97 Å². The monoisotopic (exact) mass is 266 g/mol. The molecule has 0 aliphatic heterocycles. The second-order valence-electron chi connectivity index (χ2n) is 4.36. The number of benzene rings is 2. The zero-order valence-electron chi connectivity index (χ0n) is 10.5. The Bertz CT molecular complexity index is 797. The molecule has 98 valence electrons. The molecule has 4 heteroatoms. The SMILES string of the molecule is O=c1cc(-c2ccccc2)nc(-c2cccc(F)c2)[nH]1. The van der Waals surface area contributed by atoms with Gasteiger partial charge in [-0.25, -0.2) is 9.37 Å². The molecule has 1 aromatic heterocycles. The molecule has 0 saturated heterocycles. The lowest BCUT2D eigenvalue weighted by Crippen LogP contribution is -2.08. The van der Waals surface area contributed by atoms with E-state index in [4.69, 9.17) is 0 Å². The van der Waals surface area contributed by atoms with Gasteiger partial charge < -0.3 is 4.98 Å². The number of halogens is 1. The van der Waals surface area contributed by atoms with Crippen molar-refractivity contribution in [2.45, 2.75) is 0 Å². The number of nitrogens with one attached hydrogen (secondary N) is 1. The van der Waals surface area contributed by atoms with Gasteiger partial charge in [-0.2, -0.15) is 0 Å². The molecule has 0 radical (unpaired) electrons. The summed E-state index contributed by atoms with van der Waals surface area (Å²) in [4.78, 5) is 18.8. The third-order valence-electron chi connectivity index (χ3n) is 2.91. The van der Waals surface area contributed by atoms with E-state index >= 15 is 0 Å². The minimum Gasteiger partial charge on any atom is -0.306 e. The maximum Gasteiger partial charge on any atom is 0.251 e. The van der Waals surface area contributed by atoms with Gasteiger partial charge in [-0.05, 0) is 12.1 Å². The lowest BCUT2D eigenvalue weighted by atomic mass is 10.1. The van der Waals surface area contributed by atoms with Gasteiger partial charge in [0.15, 0.2) is 0 Å². The zero-order valence-corrected chi connectivity index (χ0v) is 10.5. The first-order valence-corrected chi connectivity index (χ1v) is 6.15. The highest BCUT2D eigenvalue weighted by Gasteiger charge is 2.06. The summed E-state index contributed by atoms with van der Waals surface area (Å²) < 4.78 is 13.3. The average Bonchev–Trinajstić information content (AvgIpc) is 2.47. The molecule has 0 aliphatic rings. The van der Waals surface area contributed by atoms with Crippen molar-refractivity contribution in [3.63, 3.8) is 0 Å². The highest BCUT2D eigenvalue weighted by molar-refractivity contribution is 5.63. The van der Waals surface area contributed by atoms with Gasteiger partial charge in [0.25, 0.3) is 5.56 Å². The fourth-order valence-electron chi connectivity index (χ4n) is 1.99. The number of nitrogens with zero attached hydrogens (tertiary/aromatic N) is 1. The van der Waals surface area contributed by atoms with Crippen LogP contribution < -0.4 is 5.56 Å². The van der Waals surface area contributed by atoms with Crippen LogP contribution in [0.3, 0.4) is 0 Å². The van der Waals surface area contributed by atoms with Crippen molar-refractivity contribution in [1.29, 1.82) is 0 Å². The molecule has 1 N–H and O–H groups in total. The molecule has 0 unspecified atom stereocenters. The standard InChI is InChI=1S/C16H11FN2O/c17-13-8-4-7-12(9-13)16-18-14(10-15(20)19-16)11-5-2-1-3-6-11/h1-10H,(H,18,19,20). The van der Waals surface area contributed by atoms with E-state index in [9.17, 15) is 9.18 Å². The summed E-state index contributed by atoms with van der Waals surface area (Å²) in [7, 11) is 0. The Morgan fingerprint density at radius 3 is 2.40 bits per heavy atom. The summed E-state index contributed by atoms with van der Waals surface area (Å²) in [5.41, 5.74) is 1.68. The first kappa shape index (κ1) is 12.3. The Morgan fingerprint density at radius 1 is 0.900 bits per heavy atom. The Kier molecular flexibility index (Phi) is 3.13. The van der Waals surface area contributed by atoms with Crippen LogP contribution in [0.25, 0.3) is 22.6 Å². The number of aromatic nitrogens is 2. The predicted octanol–water partition coefficient (Wildman–Crippen LogP) is 3.24. The van der Waals surface area contributed by atoms with E-state index in [0.29, 0.717) is 17.1 Å². The lowest BCUT2D eigenvalue weighted by molar-refractivity contribution is 0.628. The van der Waals surface area contributed by atoms with Crippen LogP contribution >= 0.6 is 0 Å². The Balaban J connectivity index is 2.15. The summed E-state index contributed by atoms with van der Waals surface area (Å²) in [6, 6.07) is 16.8. The molecule has 3 rings (SSSR count). The number of H-pyrrole nitrogens is 1. The predicted molar refractivity (Wildman–Crippen MR) is 75.7 cm³/mol. The third kappa shape index (κ3) is 2.49. The van der Waals surface area contributed by atoms with Gasteiger partial charge in [0, 0.05) is 17.2 Å². The molecule has 0 bridgehead atoms. The van der Waals surface area contributed by atoms with E-state index in [0.717, 1.165) is 5.56 Å². The molecular weight excluding hydrogens is 255 g/mol. The zero-order chi connectivity index (χ0) is 13.9. The molecule has 0 saturated carbocycles. The van der Waals surface area contributed by atoms with E-state index in [2.05, 4.69) is 9.97 Å². The molecule has 0 fully saturated rings. The van der Waals surface area contributed by atoms with Gasteiger partial charge in [-0.3, -0.25) is 4.79 Å². The van der Waals surface area contributed by atoms with Crippen LogP contribution in [0.5, 0.6) is 0 Å². The van der Waals surface area contributed by atoms with Crippen molar-refractivity contribution in [2.75, 3.05) is 0 Å². The molecular formula is C16H11FN2O. The first-order valence-electron chi connectivity index (χ1n) is 6.15. The molecule has 0 amide bonds. The smallest absolute Gasteiger partial charge is 0.251 e. The molecule has 1 heterocycles. The summed E-state index contributed by atoms with van der Waals surface area (Å²) in [5.74, 6) is -0.00823. The molecule has 2 aromatic carbocycles. The van der Waals surface area contributed by atoms with Crippen molar-refractivity contribution < 1.29 is 4.39 Å². The van der Waals surface area contributed by atoms with Crippen molar-refractivity contribution in [3.8, 4) is 22.6 Å². The maximum atomic E-state index is 13.3. The number of aromatic amines is 1. The number of hydrogen-bond acceptors (Lipinski definition) is 2. The van der Waals surface area contributed by atoms with E-state index < -0.39 is 0 Å². The summed E-state index contributed by atoms with van der Waals surface area (Å²) in [5, 5.41) is 0. The van der Waals surface area contributed by atoms with Crippen LogP contribution in [-0.4, -0.2) is 9.97 Å². The number of hydrogen-bond donors (Lipinski definition) is 1. The van der Waals surface area contributed by atoms with Gasteiger partial charge in [0.2, 0.25) is 0 Å². The molecule has 0 aliphatic carbocycles. The topological polar surface area (TPSA) is 45.8 Å². The van der Waals surface area contributed by atoms with E-state index in [1.54, 1.807) is 12.1 Å². The van der Waals surface area contributed by atoms with Crippen molar-refractivity contribution >= 4 is 0 Å². The van der Waals surface area contributed by atoms with Crippen LogP contribution in [0.1, 0.15) is 0 Å². The summed E-state index contributed by atoms with van der Waals surface area (Å²) >= 11 is 0. The van der Waals surface area contributed by atoms with Gasteiger partial charge >= 0.3 is 0 Å². The fraction of sp³-hybridized carbons (Fsp3) is 0. The van der Waals surface area contributed by atoms with Crippen LogP contribution in [-0.2, 0) is 0 Å². The quantitative estimate of drug-likeness (QED) is 0.774. The highest BCUT2D eigenvalue weighted by atomic mass is 19.1. The average molecular weight is 266 g/mol. The van der Waals surface area contributed by atoms with Gasteiger partial charge in [-0.1, -0.05) is 42.5 Å². The molecule has 3 nitrogen and oxygen atoms in total. The van der Waals surface area contributed by atoms with E-state index in [1.165, 1.54) is 18.2 Å². The third-order valence-corrected chi connectivity index (χ3v) is 2.91. The largest absolute Gasteiger partial charge is 0.306 e. The Morgan fingerprint density at radius 2 is 1.65 bits per heavy atom. The summed E-state index contributed by atoms with van der Waals surface area (Å²) in [6.45, 7) is 0.